The Kier molecular flexibility index (Phi) is 6.83. The summed E-state index contributed by atoms with van der Waals surface area (Å²) in [5.74, 6) is -1.12. The van der Waals surface area contributed by atoms with Gasteiger partial charge >= 0.3 is 5.97 Å². The summed E-state index contributed by atoms with van der Waals surface area (Å²) in [5, 5.41) is 18.2. The van der Waals surface area contributed by atoms with E-state index in [1.165, 1.54) is 12.1 Å². The van der Waals surface area contributed by atoms with Crippen molar-refractivity contribution >= 4 is 27.4 Å². The van der Waals surface area contributed by atoms with Gasteiger partial charge in [0.1, 0.15) is 0 Å². The van der Waals surface area contributed by atoms with Crippen LogP contribution in [0.3, 0.4) is 0 Å². The van der Waals surface area contributed by atoms with Crippen LogP contribution in [-0.2, 0) is 10.0 Å². The summed E-state index contributed by atoms with van der Waals surface area (Å²) in [4.78, 5) is 15.9. The molecule has 2 N–H and O–H groups in total. The van der Waals surface area contributed by atoms with Crippen LogP contribution >= 0.6 is 0 Å². The molecule has 2 aromatic carbocycles. The van der Waals surface area contributed by atoms with Crippen LogP contribution in [0, 0.1) is 25.2 Å². The number of benzene rings is 2. The maximum absolute atomic E-state index is 13.1. The number of aromatic carboxylic acids is 1. The van der Waals surface area contributed by atoms with Crippen LogP contribution in [0.5, 0.6) is 0 Å². The fourth-order valence-corrected chi connectivity index (χ4v) is 5.04. The molecule has 0 unspecified atom stereocenters. The minimum atomic E-state index is -3.91. The van der Waals surface area contributed by atoms with E-state index in [2.05, 4.69) is 15.7 Å². The lowest BCUT2D eigenvalue weighted by Crippen LogP contribution is -2.46. The average Bonchev–Trinajstić information content (AvgIpc) is 2.74. The van der Waals surface area contributed by atoms with Crippen molar-refractivity contribution < 1.29 is 18.3 Å². The normalized spacial score (nSPS) is 14.8. The molecule has 0 saturated carbocycles. The summed E-state index contributed by atoms with van der Waals surface area (Å²) < 4.78 is 28.9. The van der Waals surface area contributed by atoms with Gasteiger partial charge in [-0.2, -0.15) is 5.26 Å². The molecule has 0 aromatic heterocycles. The molecule has 0 bridgehead atoms. The number of carboxylic acid groups (broad SMARTS) is 1. The van der Waals surface area contributed by atoms with E-state index in [0.717, 1.165) is 18.7 Å². The number of anilines is 2. The molecular weight excluding hydrogens is 416 g/mol. The Morgan fingerprint density at radius 3 is 2.48 bits per heavy atom. The van der Waals surface area contributed by atoms with E-state index in [4.69, 9.17) is 5.26 Å². The van der Waals surface area contributed by atoms with Gasteiger partial charge in [0.25, 0.3) is 10.0 Å². The number of nitrogens with one attached hydrogen (secondary N) is 1. The number of aryl methyl sites for hydroxylation is 2. The fourth-order valence-electron chi connectivity index (χ4n) is 3.64. The summed E-state index contributed by atoms with van der Waals surface area (Å²) in [6, 6.07) is 11.8. The molecule has 1 saturated heterocycles. The van der Waals surface area contributed by atoms with Crippen molar-refractivity contribution in [2.75, 3.05) is 42.3 Å². The lowest BCUT2D eigenvalue weighted by atomic mass is 10.1. The number of hydrogen-bond acceptors (Lipinski definition) is 6. The van der Waals surface area contributed by atoms with Gasteiger partial charge in [0.2, 0.25) is 0 Å². The molecule has 0 amide bonds. The number of nitrogens with zero attached hydrogens (tertiary/aromatic N) is 3. The number of carbonyl (C=O) groups is 1. The monoisotopic (exact) mass is 442 g/mol. The summed E-state index contributed by atoms with van der Waals surface area (Å²) >= 11 is 0. The van der Waals surface area contributed by atoms with Crippen molar-refractivity contribution in [1.29, 1.82) is 5.26 Å². The summed E-state index contributed by atoms with van der Waals surface area (Å²) in [5.41, 5.74) is 2.32. The largest absolute Gasteiger partial charge is 0.478 e. The molecule has 0 aliphatic carbocycles. The van der Waals surface area contributed by atoms with Crippen molar-refractivity contribution in [2.45, 2.75) is 25.2 Å². The summed E-state index contributed by atoms with van der Waals surface area (Å²) in [6.07, 6.45) is 0.466. The molecule has 31 heavy (non-hydrogen) atoms. The first-order chi connectivity index (χ1) is 14.7. The molecule has 164 valence electrons. The molecule has 0 radical (unpaired) electrons. The lowest BCUT2D eigenvalue weighted by molar-refractivity contribution is 0.0697. The van der Waals surface area contributed by atoms with Crippen LogP contribution in [0.15, 0.2) is 41.3 Å². The van der Waals surface area contributed by atoms with E-state index in [1.54, 1.807) is 25.1 Å². The van der Waals surface area contributed by atoms with Crippen molar-refractivity contribution in [3.8, 4) is 6.07 Å². The van der Waals surface area contributed by atoms with Gasteiger partial charge in [-0.25, -0.2) is 13.2 Å². The molecule has 3 rings (SSSR count). The van der Waals surface area contributed by atoms with Crippen molar-refractivity contribution in [1.82, 2.24) is 4.90 Å². The first-order valence-corrected chi connectivity index (χ1v) is 11.5. The van der Waals surface area contributed by atoms with Gasteiger partial charge in [-0.1, -0.05) is 12.1 Å². The SMILES string of the molecule is Cc1ccc(C)c(S(=O)(=O)Nc2cc(C(=O)O)ccc2N2CCN(CCC#N)CC2)c1. The van der Waals surface area contributed by atoms with Crippen molar-refractivity contribution in [3.05, 3.63) is 53.1 Å². The van der Waals surface area contributed by atoms with Crippen LogP contribution in [0.2, 0.25) is 0 Å². The van der Waals surface area contributed by atoms with E-state index >= 15 is 0 Å². The van der Waals surface area contributed by atoms with Gasteiger partial charge < -0.3 is 10.0 Å². The molecule has 8 nitrogen and oxygen atoms in total. The van der Waals surface area contributed by atoms with Crippen LogP contribution in [0.4, 0.5) is 11.4 Å². The van der Waals surface area contributed by atoms with Crippen LogP contribution in [0.1, 0.15) is 27.9 Å². The van der Waals surface area contributed by atoms with Gasteiger partial charge in [0.15, 0.2) is 0 Å². The molecule has 9 heteroatoms. The maximum Gasteiger partial charge on any atom is 0.335 e. The maximum atomic E-state index is 13.1. The van der Waals surface area contributed by atoms with Crippen molar-refractivity contribution in [3.63, 3.8) is 0 Å². The van der Waals surface area contributed by atoms with Crippen LogP contribution < -0.4 is 9.62 Å². The zero-order valence-electron chi connectivity index (χ0n) is 17.6. The minimum Gasteiger partial charge on any atom is -0.478 e. The number of nitriles is 1. The van der Waals surface area contributed by atoms with Crippen molar-refractivity contribution in [2.24, 2.45) is 0 Å². The Balaban J connectivity index is 1.92. The standard InChI is InChI=1S/C22H26N4O4S/c1-16-4-5-17(2)21(14-16)31(29,30)24-19-15-18(22(27)28)6-7-20(19)26-12-10-25(11-13-26)9-3-8-23/h4-7,14-15,24H,3,9-13H2,1-2H3,(H,27,28). The fraction of sp³-hybridized carbons (Fsp3) is 0.364. The molecule has 0 spiro atoms. The van der Waals surface area contributed by atoms with Gasteiger partial charge in [0.05, 0.1) is 27.9 Å². The smallest absolute Gasteiger partial charge is 0.335 e. The Morgan fingerprint density at radius 1 is 1.13 bits per heavy atom. The van der Waals surface area contributed by atoms with E-state index in [9.17, 15) is 18.3 Å². The third kappa shape index (κ3) is 5.34. The highest BCUT2D eigenvalue weighted by atomic mass is 32.2. The predicted octanol–water partition coefficient (Wildman–Crippen LogP) is 2.84. The van der Waals surface area contributed by atoms with Gasteiger partial charge in [0, 0.05) is 39.1 Å². The van der Waals surface area contributed by atoms with Gasteiger partial charge in [-0.15, -0.1) is 0 Å². The number of rotatable bonds is 7. The van der Waals surface area contributed by atoms with Gasteiger partial charge in [-0.3, -0.25) is 9.62 Å². The Labute approximate surface area is 182 Å². The number of hydrogen-bond donors (Lipinski definition) is 2. The first-order valence-electron chi connectivity index (χ1n) is 10.0. The second kappa shape index (κ2) is 9.37. The number of sulfonamides is 1. The number of piperazine rings is 1. The molecule has 1 fully saturated rings. The lowest BCUT2D eigenvalue weighted by Gasteiger charge is -2.36. The Hall–Kier alpha value is -3.09. The molecule has 0 atom stereocenters. The zero-order chi connectivity index (χ0) is 22.6. The Morgan fingerprint density at radius 2 is 1.84 bits per heavy atom. The highest BCUT2D eigenvalue weighted by Crippen LogP contribution is 2.31. The number of carboxylic acids is 1. The highest BCUT2D eigenvalue weighted by Gasteiger charge is 2.24. The minimum absolute atomic E-state index is 0.00932. The van der Waals surface area contributed by atoms with Crippen LogP contribution in [0.25, 0.3) is 0 Å². The molecule has 2 aromatic rings. The molecule has 1 heterocycles. The third-order valence-electron chi connectivity index (χ3n) is 5.37. The second-order valence-electron chi connectivity index (χ2n) is 7.65. The molecule has 1 aliphatic heterocycles. The third-order valence-corrected chi connectivity index (χ3v) is 6.88. The topological polar surface area (TPSA) is 114 Å². The summed E-state index contributed by atoms with van der Waals surface area (Å²) in [6.45, 7) is 7.03. The predicted molar refractivity (Wildman–Crippen MR) is 119 cm³/mol. The van der Waals surface area contributed by atoms with E-state index in [0.29, 0.717) is 37.3 Å². The van der Waals surface area contributed by atoms with Gasteiger partial charge in [-0.05, 0) is 49.2 Å². The van der Waals surface area contributed by atoms with E-state index in [-0.39, 0.29) is 16.1 Å². The first kappa shape index (κ1) is 22.6. The second-order valence-corrected chi connectivity index (χ2v) is 9.30. The van der Waals surface area contributed by atoms with E-state index in [1.807, 2.05) is 17.9 Å². The molecular formula is C22H26N4O4S. The van der Waals surface area contributed by atoms with Crippen LogP contribution in [-0.4, -0.2) is 57.1 Å². The quantitative estimate of drug-likeness (QED) is 0.678. The zero-order valence-corrected chi connectivity index (χ0v) is 18.4. The summed E-state index contributed by atoms with van der Waals surface area (Å²) in [7, 11) is -3.91. The molecule has 1 aliphatic rings. The Bertz CT molecular complexity index is 1120. The highest BCUT2D eigenvalue weighted by molar-refractivity contribution is 7.92. The van der Waals surface area contributed by atoms with E-state index < -0.39 is 16.0 Å². The average molecular weight is 443 g/mol.